The van der Waals surface area contributed by atoms with Crippen LogP contribution >= 0.6 is 0 Å². The van der Waals surface area contributed by atoms with E-state index in [9.17, 15) is 26.4 Å². The molecule has 0 spiro atoms. The fraction of sp³-hybridized carbons (Fsp3) is 0.235. The summed E-state index contributed by atoms with van der Waals surface area (Å²) in [7, 11) is -4.39. The molecule has 0 heterocycles. The van der Waals surface area contributed by atoms with Gasteiger partial charge in [-0.1, -0.05) is 12.1 Å². The summed E-state index contributed by atoms with van der Waals surface area (Å²) in [6.07, 6.45) is -4.68. The molecule has 0 fully saturated rings. The van der Waals surface area contributed by atoms with Gasteiger partial charge in [-0.25, -0.2) is 13.1 Å². The second-order valence-corrected chi connectivity index (χ2v) is 7.57. The molecule has 2 rings (SSSR count). The van der Waals surface area contributed by atoms with E-state index < -0.39 is 33.5 Å². The summed E-state index contributed by atoms with van der Waals surface area (Å²) in [5, 5.41) is 2.64. The largest absolute Gasteiger partial charge is 0.402 e. The number of aryl methyl sites for hydroxylation is 2. The molecule has 2 aromatic carbocycles. The molecule has 0 aliphatic carbocycles. The number of anilines is 1. The van der Waals surface area contributed by atoms with Crippen LogP contribution in [0.2, 0.25) is 0 Å². The molecule has 2 N–H and O–H groups in total. The van der Waals surface area contributed by atoms with Crippen molar-refractivity contribution in [2.45, 2.75) is 24.9 Å². The van der Waals surface area contributed by atoms with Crippen molar-refractivity contribution in [3.05, 3.63) is 59.2 Å². The van der Waals surface area contributed by atoms with Gasteiger partial charge in [0, 0.05) is 11.3 Å². The molecule has 5 nitrogen and oxygen atoms in total. The maximum Gasteiger partial charge on any atom is 0.402 e. The molecule has 0 saturated heterocycles. The third kappa shape index (κ3) is 5.57. The summed E-state index contributed by atoms with van der Waals surface area (Å²) in [5.41, 5.74) is 2.43. The van der Waals surface area contributed by atoms with Gasteiger partial charge in [0.25, 0.3) is 5.91 Å². The first-order valence-corrected chi connectivity index (χ1v) is 9.01. The number of halogens is 3. The van der Waals surface area contributed by atoms with Gasteiger partial charge in [-0.05, 0) is 55.3 Å². The molecule has 0 aliphatic heterocycles. The Morgan fingerprint density at radius 1 is 1.04 bits per heavy atom. The lowest BCUT2D eigenvalue weighted by Crippen LogP contribution is -2.33. The van der Waals surface area contributed by atoms with Gasteiger partial charge in [-0.3, -0.25) is 4.79 Å². The predicted molar refractivity (Wildman–Crippen MR) is 91.6 cm³/mol. The number of benzene rings is 2. The van der Waals surface area contributed by atoms with E-state index in [1.165, 1.54) is 16.9 Å². The van der Waals surface area contributed by atoms with Crippen LogP contribution < -0.4 is 10.0 Å². The van der Waals surface area contributed by atoms with Crippen LogP contribution in [0, 0.1) is 13.8 Å². The summed E-state index contributed by atoms with van der Waals surface area (Å²) < 4.78 is 62.1. The van der Waals surface area contributed by atoms with Gasteiger partial charge in [0.15, 0.2) is 0 Å². The summed E-state index contributed by atoms with van der Waals surface area (Å²) in [4.78, 5) is 11.9. The number of amides is 1. The lowest BCUT2D eigenvalue weighted by Gasteiger charge is -2.11. The maximum atomic E-state index is 12.3. The highest BCUT2D eigenvalue weighted by molar-refractivity contribution is 7.89. The van der Waals surface area contributed by atoms with Gasteiger partial charge in [0.05, 0.1) is 4.90 Å². The molecular weight excluding hydrogens is 369 g/mol. The van der Waals surface area contributed by atoms with Crippen molar-refractivity contribution in [2.24, 2.45) is 0 Å². The summed E-state index contributed by atoms with van der Waals surface area (Å²) >= 11 is 0. The molecule has 0 unspecified atom stereocenters. The SMILES string of the molecule is Cc1cc(C)cc(NC(=O)c2cccc(S(=O)(=O)NCC(F)(F)F)c2)c1. The van der Waals surface area contributed by atoms with Crippen LogP contribution in [-0.4, -0.2) is 27.0 Å². The van der Waals surface area contributed by atoms with E-state index in [4.69, 9.17) is 0 Å². The van der Waals surface area contributed by atoms with Crippen molar-refractivity contribution >= 4 is 21.6 Å². The maximum absolute atomic E-state index is 12.3. The van der Waals surface area contributed by atoms with Gasteiger partial charge in [-0.15, -0.1) is 0 Å². The summed E-state index contributed by atoms with van der Waals surface area (Å²) in [6, 6.07) is 10.2. The highest BCUT2D eigenvalue weighted by Crippen LogP contribution is 2.18. The van der Waals surface area contributed by atoms with Crippen LogP contribution in [0.4, 0.5) is 18.9 Å². The Balaban J connectivity index is 2.21. The molecule has 2 aromatic rings. The zero-order chi connectivity index (χ0) is 19.5. The smallest absolute Gasteiger partial charge is 0.322 e. The first-order chi connectivity index (χ1) is 12.0. The lowest BCUT2D eigenvalue weighted by molar-refractivity contribution is -0.121. The Labute approximate surface area is 149 Å². The van der Waals surface area contributed by atoms with E-state index in [-0.39, 0.29) is 5.56 Å². The monoisotopic (exact) mass is 386 g/mol. The first kappa shape index (κ1) is 19.9. The third-order valence-corrected chi connectivity index (χ3v) is 4.75. The number of hydrogen-bond donors (Lipinski definition) is 2. The van der Waals surface area contributed by atoms with Crippen molar-refractivity contribution in [3.8, 4) is 0 Å². The van der Waals surface area contributed by atoms with Gasteiger partial charge in [-0.2, -0.15) is 13.2 Å². The number of carbonyl (C=O) groups excluding carboxylic acids is 1. The van der Waals surface area contributed by atoms with Crippen LogP contribution in [0.5, 0.6) is 0 Å². The molecule has 0 saturated carbocycles. The molecular formula is C17H17F3N2O3S. The Morgan fingerprint density at radius 2 is 1.65 bits per heavy atom. The van der Waals surface area contributed by atoms with E-state index in [2.05, 4.69) is 5.32 Å². The van der Waals surface area contributed by atoms with E-state index in [0.29, 0.717) is 5.69 Å². The molecule has 140 valence electrons. The van der Waals surface area contributed by atoms with Crippen molar-refractivity contribution < 1.29 is 26.4 Å². The van der Waals surface area contributed by atoms with Crippen molar-refractivity contribution in [2.75, 3.05) is 11.9 Å². The van der Waals surface area contributed by atoms with Gasteiger partial charge in [0.2, 0.25) is 10.0 Å². The van der Waals surface area contributed by atoms with Crippen LogP contribution in [0.25, 0.3) is 0 Å². The number of rotatable bonds is 5. The lowest BCUT2D eigenvalue weighted by atomic mass is 10.1. The zero-order valence-corrected chi connectivity index (χ0v) is 14.8. The van der Waals surface area contributed by atoms with Crippen molar-refractivity contribution in [1.29, 1.82) is 0 Å². The number of nitrogens with one attached hydrogen (secondary N) is 2. The average molecular weight is 386 g/mol. The quantitative estimate of drug-likeness (QED) is 0.827. The van der Waals surface area contributed by atoms with Crippen LogP contribution in [-0.2, 0) is 10.0 Å². The number of hydrogen-bond acceptors (Lipinski definition) is 3. The van der Waals surface area contributed by atoms with E-state index in [0.717, 1.165) is 23.3 Å². The second-order valence-electron chi connectivity index (χ2n) is 5.80. The second kappa shape index (κ2) is 7.46. The number of carbonyl (C=O) groups is 1. The Hall–Kier alpha value is -2.39. The molecule has 9 heteroatoms. The molecule has 0 aromatic heterocycles. The molecule has 26 heavy (non-hydrogen) atoms. The fourth-order valence-electron chi connectivity index (χ4n) is 2.31. The van der Waals surface area contributed by atoms with Gasteiger partial charge in [0.1, 0.15) is 6.54 Å². The number of alkyl halides is 3. The van der Waals surface area contributed by atoms with Gasteiger partial charge < -0.3 is 5.32 Å². The minimum Gasteiger partial charge on any atom is -0.322 e. The topological polar surface area (TPSA) is 75.3 Å². The van der Waals surface area contributed by atoms with E-state index >= 15 is 0 Å². The normalized spacial score (nSPS) is 12.0. The highest BCUT2D eigenvalue weighted by atomic mass is 32.2. The minimum atomic E-state index is -4.68. The van der Waals surface area contributed by atoms with E-state index in [1.807, 2.05) is 19.9 Å². The standard InChI is InChI=1S/C17H17F3N2O3S/c1-11-6-12(2)8-14(7-11)22-16(23)13-4-3-5-15(9-13)26(24,25)21-10-17(18,19)20/h3-9,21H,10H2,1-2H3,(H,22,23). The molecule has 0 atom stereocenters. The Morgan fingerprint density at radius 3 is 2.23 bits per heavy atom. The molecule has 1 amide bonds. The van der Waals surface area contributed by atoms with Crippen LogP contribution in [0.3, 0.4) is 0 Å². The number of sulfonamides is 1. The first-order valence-electron chi connectivity index (χ1n) is 7.52. The van der Waals surface area contributed by atoms with Crippen LogP contribution in [0.1, 0.15) is 21.5 Å². The minimum absolute atomic E-state index is 0.0130. The molecule has 0 bridgehead atoms. The van der Waals surface area contributed by atoms with Crippen molar-refractivity contribution in [3.63, 3.8) is 0 Å². The van der Waals surface area contributed by atoms with Gasteiger partial charge >= 0.3 is 6.18 Å². The molecule has 0 aliphatic rings. The average Bonchev–Trinajstić information content (AvgIpc) is 2.51. The predicted octanol–water partition coefficient (Wildman–Crippen LogP) is 3.40. The van der Waals surface area contributed by atoms with Crippen molar-refractivity contribution in [1.82, 2.24) is 4.72 Å². The third-order valence-electron chi connectivity index (χ3n) is 3.35. The summed E-state index contributed by atoms with van der Waals surface area (Å²) in [6.45, 7) is 2.04. The Bertz CT molecular complexity index is 905. The fourth-order valence-corrected chi connectivity index (χ4v) is 3.37. The summed E-state index contributed by atoms with van der Waals surface area (Å²) in [5.74, 6) is -0.567. The zero-order valence-electron chi connectivity index (χ0n) is 14.0. The highest BCUT2D eigenvalue weighted by Gasteiger charge is 2.30. The molecule has 0 radical (unpaired) electrons. The van der Waals surface area contributed by atoms with E-state index in [1.54, 1.807) is 12.1 Å². The Kier molecular flexibility index (Phi) is 5.72. The van der Waals surface area contributed by atoms with Crippen LogP contribution in [0.15, 0.2) is 47.4 Å².